The summed E-state index contributed by atoms with van der Waals surface area (Å²) >= 11 is 0. The number of halogens is 2. The third-order valence-corrected chi connectivity index (χ3v) is 4.67. The molecular weight excluding hydrogens is 284 g/mol. The van der Waals surface area contributed by atoms with E-state index in [9.17, 15) is 8.78 Å². The molecule has 0 aromatic heterocycles. The van der Waals surface area contributed by atoms with Crippen LogP contribution < -0.4 is 5.32 Å². The fraction of sp³-hybridized carbons (Fsp3) is 0.333. The van der Waals surface area contributed by atoms with Crippen molar-refractivity contribution in [3.63, 3.8) is 0 Å². The second-order valence-electron chi connectivity index (χ2n) is 5.97. The highest BCUT2D eigenvalue weighted by Crippen LogP contribution is 2.49. The van der Waals surface area contributed by atoms with Gasteiger partial charge in [-0.05, 0) is 37.1 Å². The number of fused-ring (bicyclic) bond motifs is 3. The maximum Gasteiger partial charge on any atom is 0.128 e. The summed E-state index contributed by atoms with van der Waals surface area (Å²) in [5, 5.41) is 3.39. The van der Waals surface area contributed by atoms with Crippen molar-refractivity contribution in [1.82, 2.24) is 0 Å². The molecule has 0 saturated carbocycles. The zero-order chi connectivity index (χ0) is 15.1. The van der Waals surface area contributed by atoms with Crippen molar-refractivity contribution in [3.05, 3.63) is 65.2 Å². The molecular formula is C18H17F2NO. The first kappa shape index (κ1) is 13.7. The van der Waals surface area contributed by atoms with Crippen LogP contribution in [-0.4, -0.2) is 6.61 Å². The molecule has 1 fully saturated rings. The normalized spacial score (nSPS) is 26.7. The largest absolute Gasteiger partial charge is 0.377 e. The minimum Gasteiger partial charge on any atom is -0.377 e. The fourth-order valence-corrected chi connectivity index (χ4v) is 3.68. The lowest BCUT2D eigenvalue weighted by molar-refractivity contribution is -0.0385. The van der Waals surface area contributed by atoms with E-state index >= 15 is 0 Å². The van der Waals surface area contributed by atoms with E-state index in [1.165, 1.54) is 18.2 Å². The summed E-state index contributed by atoms with van der Waals surface area (Å²) in [4.78, 5) is 0. The van der Waals surface area contributed by atoms with E-state index in [1.807, 2.05) is 12.1 Å². The van der Waals surface area contributed by atoms with Crippen LogP contribution in [0.1, 0.15) is 36.1 Å². The summed E-state index contributed by atoms with van der Waals surface area (Å²) in [6.45, 7) is 0.668. The Kier molecular flexibility index (Phi) is 3.34. The Hall–Kier alpha value is -1.94. The van der Waals surface area contributed by atoms with Crippen molar-refractivity contribution >= 4 is 5.69 Å². The summed E-state index contributed by atoms with van der Waals surface area (Å²) in [5.74, 6) is -0.368. The van der Waals surface area contributed by atoms with E-state index in [1.54, 1.807) is 12.1 Å². The molecule has 2 aliphatic rings. The van der Waals surface area contributed by atoms with Gasteiger partial charge in [0.05, 0.1) is 12.1 Å². The average molecular weight is 301 g/mol. The van der Waals surface area contributed by atoms with Crippen molar-refractivity contribution in [1.29, 1.82) is 0 Å². The Morgan fingerprint density at radius 3 is 2.77 bits per heavy atom. The molecule has 4 rings (SSSR count). The quantitative estimate of drug-likeness (QED) is 0.831. The molecule has 1 N–H and O–H groups in total. The Morgan fingerprint density at radius 2 is 1.91 bits per heavy atom. The lowest BCUT2D eigenvalue weighted by Crippen LogP contribution is -2.36. The van der Waals surface area contributed by atoms with Gasteiger partial charge in [-0.25, -0.2) is 8.78 Å². The molecule has 2 aliphatic heterocycles. The molecule has 0 unspecified atom stereocenters. The first-order valence-electron chi connectivity index (χ1n) is 7.66. The molecule has 22 heavy (non-hydrogen) atoms. The number of anilines is 1. The molecule has 3 atom stereocenters. The number of ether oxygens (including phenoxy) is 1. The highest BCUT2D eigenvalue weighted by molar-refractivity contribution is 5.57. The smallest absolute Gasteiger partial charge is 0.128 e. The van der Waals surface area contributed by atoms with Gasteiger partial charge in [0.25, 0.3) is 0 Å². The number of nitrogens with one attached hydrogen (secondary N) is 1. The molecule has 2 aromatic carbocycles. The van der Waals surface area contributed by atoms with E-state index in [0.717, 1.165) is 24.1 Å². The molecule has 4 heteroatoms. The van der Waals surface area contributed by atoms with Gasteiger partial charge in [0.15, 0.2) is 0 Å². The van der Waals surface area contributed by atoms with Crippen LogP contribution in [0.2, 0.25) is 0 Å². The van der Waals surface area contributed by atoms with Crippen LogP contribution in [0.5, 0.6) is 0 Å². The lowest BCUT2D eigenvalue weighted by Gasteiger charge is -2.43. The van der Waals surface area contributed by atoms with E-state index < -0.39 is 0 Å². The summed E-state index contributed by atoms with van der Waals surface area (Å²) in [5.41, 5.74) is 2.33. The molecule has 2 heterocycles. The molecule has 1 saturated heterocycles. The van der Waals surface area contributed by atoms with E-state index in [0.29, 0.717) is 12.2 Å². The Morgan fingerprint density at radius 1 is 1.05 bits per heavy atom. The minimum atomic E-state index is -0.266. The summed E-state index contributed by atoms with van der Waals surface area (Å²) < 4.78 is 33.8. The second kappa shape index (κ2) is 5.36. The highest BCUT2D eigenvalue weighted by Gasteiger charge is 2.40. The number of hydrogen-bond donors (Lipinski definition) is 1. The van der Waals surface area contributed by atoms with Crippen LogP contribution in [0.3, 0.4) is 0 Å². The molecule has 2 aromatic rings. The third-order valence-electron chi connectivity index (χ3n) is 4.67. The van der Waals surface area contributed by atoms with Gasteiger partial charge in [-0.1, -0.05) is 18.2 Å². The first-order valence-corrected chi connectivity index (χ1v) is 7.66. The molecule has 0 radical (unpaired) electrons. The van der Waals surface area contributed by atoms with E-state index in [4.69, 9.17) is 4.74 Å². The van der Waals surface area contributed by atoms with Crippen molar-refractivity contribution < 1.29 is 13.5 Å². The van der Waals surface area contributed by atoms with Gasteiger partial charge in [0, 0.05) is 29.3 Å². The van der Waals surface area contributed by atoms with Gasteiger partial charge in [0.2, 0.25) is 0 Å². The van der Waals surface area contributed by atoms with Crippen LogP contribution in [0, 0.1) is 17.6 Å². The van der Waals surface area contributed by atoms with Crippen LogP contribution >= 0.6 is 0 Å². The Labute approximate surface area is 128 Å². The second-order valence-corrected chi connectivity index (χ2v) is 5.97. The maximum atomic E-state index is 14.2. The Balaban J connectivity index is 1.81. The van der Waals surface area contributed by atoms with Crippen LogP contribution in [0.4, 0.5) is 14.5 Å². The SMILES string of the molecule is Fc1ccc2c(c1)[C@@H]1OCCC[C@@H]1[C@H](c1ccccc1F)N2. The summed E-state index contributed by atoms with van der Waals surface area (Å²) in [7, 11) is 0. The van der Waals surface area contributed by atoms with Crippen LogP contribution in [-0.2, 0) is 4.74 Å². The van der Waals surface area contributed by atoms with E-state index in [2.05, 4.69) is 5.32 Å². The van der Waals surface area contributed by atoms with Crippen molar-refractivity contribution in [2.45, 2.75) is 25.0 Å². The standard InChI is InChI=1S/C18H17F2NO/c19-11-7-8-16-14(10-11)18-13(5-3-9-22-18)17(21-16)12-4-1-2-6-15(12)20/h1-2,4,6-8,10,13,17-18,21H,3,5,9H2/t13-,17+,18-/m1/s1. The molecule has 0 spiro atoms. The van der Waals surface area contributed by atoms with Crippen LogP contribution in [0.15, 0.2) is 42.5 Å². The lowest BCUT2D eigenvalue weighted by atomic mass is 9.77. The molecule has 0 bridgehead atoms. The monoisotopic (exact) mass is 301 g/mol. The zero-order valence-electron chi connectivity index (χ0n) is 12.1. The predicted octanol–water partition coefficient (Wildman–Crippen LogP) is 4.60. The predicted molar refractivity (Wildman–Crippen MR) is 80.6 cm³/mol. The van der Waals surface area contributed by atoms with Gasteiger partial charge in [-0.2, -0.15) is 0 Å². The van der Waals surface area contributed by atoms with Gasteiger partial charge in [-0.3, -0.25) is 0 Å². The van der Waals surface area contributed by atoms with Gasteiger partial charge >= 0.3 is 0 Å². The first-order chi connectivity index (χ1) is 10.7. The topological polar surface area (TPSA) is 21.3 Å². The fourth-order valence-electron chi connectivity index (χ4n) is 3.68. The average Bonchev–Trinajstić information content (AvgIpc) is 2.55. The molecule has 0 aliphatic carbocycles. The highest BCUT2D eigenvalue weighted by atomic mass is 19.1. The van der Waals surface area contributed by atoms with Crippen molar-refractivity contribution in [2.24, 2.45) is 5.92 Å². The number of hydrogen-bond acceptors (Lipinski definition) is 2. The van der Waals surface area contributed by atoms with Crippen molar-refractivity contribution in [3.8, 4) is 0 Å². The van der Waals surface area contributed by atoms with Gasteiger partial charge < -0.3 is 10.1 Å². The van der Waals surface area contributed by atoms with Crippen LogP contribution in [0.25, 0.3) is 0 Å². The third kappa shape index (κ3) is 2.18. The number of rotatable bonds is 1. The van der Waals surface area contributed by atoms with E-state index in [-0.39, 0.29) is 29.7 Å². The Bertz CT molecular complexity index is 703. The molecule has 114 valence electrons. The van der Waals surface area contributed by atoms with Gasteiger partial charge in [-0.15, -0.1) is 0 Å². The molecule has 2 nitrogen and oxygen atoms in total. The maximum absolute atomic E-state index is 14.2. The summed E-state index contributed by atoms with van der Waals surface area (Å²) in [6, 6.07) is 11.4. The number of benzene rings is 2. The molecule has 0 amide bonds. The minimum absolute atomic E-state index is 0.111. The summed E-state index contributed by atoms with van der Waals surface area (Å²) in [6.07, 6.45) is 1.70. The van der Waals surface area contributed by atoms with Crippen molar-refractivity contribution in [2.75, 3.05) is 11.9 Å². The van der Waals surface area contributed by atoms with Gasteiger partial charge in [0.1, 0.15) is 11.6 Å². The zero-order valence-corrected chi connectivity index (χ0v) is 12.1.